The third-order valence-corrected chi connectivity index (χ3v) is 5.31. The Morgan fingerprint density at radius 1 is 1.38 bits per heavy atom. The smallest absolute Gasteiger partial charge is 0.316 e. The van der Waals surface area contributed by atoms with E-state index in [0.29, 0.717) is 12.4 Å². The minimum absolute atomic E-state index is 0.0872. The van der Waals surface area contributed by atoms with Crippen LogP contribution in [0.4, 0.5) is 0 Å². The Balaban J connectivity index is 2.38. The molecule has 2 aromatic rings. The number of halogens is 2. The lowest BCUT2D eigenvalue weighted by molar-refractivity contribution is 0.354. The Labute approximate surface area is 149 Å². The van der Waals surface area contributed by atoms with Gasteiger partial charge in [0.15, 0.2) is 11.6 Å². The van der Waals surface area contributed by atoms with E-state index in [0.717, 1.165) is 6.07 Å². The summed E-state index contributed by atoms with van der Waals surface area (Å²) in [6.45, 7) is 3.93. The zero-order chi connectivity index (χ0) is 18.1. The van der Waals surface area contributed by atoms with E-state index in [4.69, 9.17) is 27.9 Å². The number of hydrogen-bond acceptors (Lipinski definition) is 6. The molecular weight excluding hydrogens is 379 g/mol. The second kappa shape index (κ2) is 7.14. The largest absolute Gasteiger partial charge is 0.505 e. The molecule has 1 atom stereocenters. The van der Waals surface area contributed by atoms with Crippen molar-refractivity contribution in [2.24, 2.45) is 0 Å². The van der Waals surface area contributed by atoms with Crippen molar-refractivity contribution in [1.82, 2.24) is 19.5 Å². The quantitative estimate of drug-likeness (QED) is 0.778. The lowest BCUT2D eigenvalue weighted by atomic mass is 10.3. The van der Waals surface area contributed by atoms with E-state index in [1.807, 2.05) is 6.92 Å². The highest BCUT2D eigenvalue weighted by molar-refractivity contribution is 7.89. The Bertz CT molecular complexity index is 854. The molecule has 0 aliphatic rings. The average Bonchev–Trinajstić information content (AvgIpc) is 2.93. The second-order valence-corrected chi connectivity index (χ2v) is 7.39. The van der Waals surface area contributed by atoms with E-state index in [9.17, 15) is 13.5 Å². The molecule has 0 aliphatic carbocycles. The van der Waals surface area contributed by atoms with Crippen LogP contribution in [0.25, 0.3) is 0 Å². The summed E-state index contributed by atoms with van der Waals surface area (Å²) >= 11 is 11.6. The van der Waals surface area contributed by atoms with Crippen molar-refractivity contribution in [3.05, 3.63) is 28.0 Å². The van der Waals surface area contributed by atoms with Gasteiger partial charge in [0.05, 0.1) is 18.2 Å². The lowest BCUT2D eigenvalue weighted by Crippen LogP contribution is -2.29. The van der Waals surface area contributed by atoms with E-state index < -0.39 is 26.7 Å². The number of aromatic nitrogens is 3. The van der Waals surface area contributed by atoms with Crippen molar-refractivity contribution >= 4 is 33.2 Å². The monoisotopic (exact) mass is 394 g/mol. The molecule has 0 bridgehead atoms. The number of hydrogen-bond donors (Lipinski definition) is 2. The fraction of sp³-hybridized carbons (Fsp3) is 0.385. The summed E-state index contributed by atoms with van der Waals surface area (Å²) in [5, 5.41) is 17.6. The number of benzene rings is 1. The number of nitrogens with zero attached hydrogens (tertiary/aromatic N) is 3. The van der Waals surface area contributed by atoms with Crippen LogP contribution in [0.3, 0.4) is 0 Å². The van der Waals surface area contributed by atoms with Crippen LogP contribution in [-0.2, 0) is 16.6 Å². The first-order valence-corrected chi connectivity index (χ1v) is 9.12. The minimum atomic E-state index is -4.10. The molecule has 1 aromatic heterocycles. The van der Waals surface area contributed by atoms with Crippen molar-refractivity contribution < 1.29 is 18.3 Å². The van der Waals surface area contributed by atoms with Gasteiger partial charge in [-0.25, -0.2) is 13.1 Å². The summed E-state index contributed by atoms with van der Waals surface area (Å²) in [5.41, 5.74) is 0. The number of aromatic hydroxyl groups is 1. The van der Waals surface area contributed by atoms with Crippen LogP contribution in [0.2, 0.25) is 10.0 Å². The van der Waals surface area contributed by atoms with Gasteiger partial charge in [0.2, 0.25) is 10.0 Å². The van der Waals surface area contributed by atoms with Gasteiger partial charge in [-0.1, -0.05) is 28.3 Å². The zero-order valence-corrected chi connectivity index (χ0v) is 15.4. The predicted octanol–water partition coefficient (Wildman–Crippen LogP) is 2.36. The van der Waals surface area contributed by atoms with E-state index in [1.54, 1.807) is 11.5 Å². The van der Waals surface area contributed by atoms with E-state index in [2.05, 4.69) is 14.9 Å². The average molecular weight is 395 g/mol. The summed E-state index contributed by atoms with van der Waals surface area (Å²) < 4.78 is 34.2. The van der Waals surface area contributed by atoms with Gasteiger partial charge in [-0.2, -0.15) is 0 Å². The van der Waals surface area contributed by atoms with Crippen LogP contribution in [0.15, 0.2) is 17.0 Å². The molecular formula is C13H16Cl2N4O4S. The van der Waals surface area contributed by atoms with Crippen molar-refractivity contribution in [2.75, 3.05) is 7.11 Å². The summed E-state index contributed by atoms with van der Waals surface area (Å²) in [6, 6.07) is 1.90. The molecule has 1 aromatic carbocycles. The molecule has 132 valence electrons. The number of phenols is 1. The topological polar surface area (TPSA) is 106 Å². The fourth-order valence-electron chi connectivity index (χ4n) is 2.16. The highest BCUT2D eigenvalue weighted by Gasteiger charge is 2.27. The molecule has 0 amide bonds. The second-order valence-electron chi connectivity index (χ2n) is 4.87. The molecule has 0 aliphatic heterocycles. The molecule has 2 N–H and O–H groups in total. The van der Waals surface area contributed by atoms with Crippen LogP contribution in [0, 0.1) is 0 Å². The normalized spacial score (nSPS) is 13.0. The first kappa shape index (κ1) is 18.8. The highest BCUT2D eigenvalue weighted by atomic mass is 35.5. The highest BCUT2D eigenvalue weighted by Crippen LogP contribution is 2.34. The molecule has 2 rings (SSSR count). The van der Waals surface area contributed by atoms with Gasteiger partial charge in [0, 0.05) is 11.6 Å². The van der Waals surface area contributed by atoms with Gasteiger partial charge < -0.3 is 9.84 Å². The molecule has 0 fully saturated rings. The number of ether oxygens (including phenoxy) is 1. The van der Waals surface area contributed by atoms with Crippen molar-refractivity contribution in [3.63, 3.8) is 0 Å². The molecule has 11 heteroatoms. The SMILES string of the molecule is CCn1c(OC)nnc1[C@@H](C)NS(=O)(=O)c1cc(Cl)cc(Cl)c1O. The summed E-state index contributed by atoms with van der Waals surface area (Å²) in [6.07, 6.45) is 0. The van der Waals surface area contributed by atoms with Crippen molar-refractivity contribution in [1.29, 1.82) is 0 Å². The minimum Gasteiger partial charge on any atom is -0.505 e. The molecule has 0 saturated carbocycles. The molecule has 8 nitrogen and oxygen atoms in total. The number of methoxy groups -OCH3 is 1. The number of sulfonamides is 1. The first-order valence-electron chi connectivity index (χ1n) is 6.88. The van der Waals surface area contributed by atoms with Gasteiger partial charge in [0.1, 0.15) is 4.90 Å². The summed E-state index contributed by atoms with van der Waals surface area (Å²) in [7, 11) is -2.65. The molecule has 0 radical (unpaired) electrons. The predicted molar refractivity (Wildman–Crippen MR) is 89.1 cm³/mol. The van der Waals surface area contributed by atoms with Crippen LogP contribution in [0.1, 0.15) is 25.7 Å². The van der Waals surface area contributed by atoms with Gasteiger partial charge in [-0.05, 0) is 26.0 Å². The zero-order valence-electron chi connectivity index (χ0n) is 13.1. The number of rotatable bonds is 6. The standard InChI is InChI=1S/C13H16Cl2N4O4S/c1-4-19-12(16-17-13(19)23-3)7(2)18-24(21,22)10-6-8(14)5-9(15)11(10)20/h5-7,18,20H,4H2,1-3H3/t7-/m1/s1. The number of phenolic OH excluding ortho intramolecular Hbond substituents is 1. The maximum atomic E-state index is 12.5. The summed E-state index contributed by atoms with van der Waals surface area (Å²) in [4.78, 5) is -0.415. The third kappa shape index (κ3) is 3.59. The van der Waals surface area contributed by atoms with E-state index >= 15 is 0 Å². The maximum absolute atomic E-state index is 12.5. The van der Waals surface area contributed by atoms with Gasteiger partial charge >= 0.3 is 6.01 Å². The Morgan fingerprint density at radius 2 is 2.04 bits per heavy atom. The van der Waals surface area contributed by atoms with Gasteiger partial charge in [-0.3, -0.25) is 4.57 Å². The van der Waals surface area contributed by atoms with Crippen LogP contribution in [-0.4, -0.2) is 35.4 Å². The van der Waals surface area contributed by atoms with Gasteiger partial charge in [0.25, 0.3) is 0 Å². The first-order chi connectivity index (χ1) is 11.2. The van der Waals surface area contributed by atoms with Crippen molar-refractivity contribution in [2.45, 2.75) is 31.3 Å². The Kier molecular flexibility index (Phi) is 5.59. The van der Waals surface area contributed by atoms with E-state index in [1.165, 1.54) is 13.2 Å². The molecule has 0 spiro atoms. The van der Waals surface area contributed by atoms with E-state index in [-0.39, 0.29) is 16.1 Å². The van der Waals surface area contributed by atoms with Crippen LogP contribution < -0.4 is 9.46 Å². The van der Waals surface area contributed by atoms with Crippen molar-refractivity contribution in [3.8, 4) is 11.8 Å². The molecule has 0 unspecified atom stereocenters. The molecule has 24 heavy (non-hydrogen) atoms. The van der Waals surface area contributed by atoms with Crippen LogP contribution in [0.5, 0.6) is 11.8 Å². The summed E-state index contributed by atoms with van der Waals surface area (Å²) in [5.74, 6) is -0.208. The maximum Gasteiger partial charge on any atom is 0.316 e. The Hall–Kier alpha value is -1.55. The van der Waals surface area contributed by atoms with Crippen LogP contribution >= 0.6 is 23.2 Å². The fourth-order valence-corrected chi connectivity index (χ4v) is 4.12. The Morgan fingerprint density at radius 3 is 2.62 bits per heavy atom. The third-order valence-electron chi connectivity index (χ3n) is 3.25. The van der Waals surface area contributed by atoms with Gasteiger partial charge in [-0.15, -0.1) is 5.10 Å². The molecule has 1 heterocycles. The number of nitrogens with one attached hydrogen (secondary N) is 1. The lowest BCUT2D eigenvalue weighted by Gasteiger charge is -2.16. The molecule has 0 saturated heterocycles.